The summed E-state index contributed by atoms with van der Waals surface area (Å²) >= 11 is 5.96. The molecule has 5 heteroatoms. The molecule has 2 aromatic carbocycles. The Morgan fingerprint density at radius 1 is 1.24 bits per heavy atom. The third-order valence-electron chi connectivity index (χ3n) is 3.39. The Morgan fingerprint density at radius 3 is 2.81 bits per heavy atom. The topological polar surface area (TPSA) is 68.1 Å². The smallest absolute Gasteiger partial charge is 0.197 e. The first-order valence-electron chi connectivity index (χ1n) is 6.35. The number of hydrogen-bond acceptors (Lipinski definition) is 3. The molecule has 0 saturated carbocycles. The van der Waals surface area contributed by atoms with E-state index in [1.54, 1.807) is 31.5 Å². The van der Waals surface area contributed by atoms with Crippen LogP contribution in [0.25, 0.3) is 10.9 Å². The summed E-state index contributed by atoms with van der Waals surface area (Å²) in [5.74, 6) is 0.448. The van der Waals surface area contributed by atoms with Gasteiger partial charge in [0.25, 0.3) is 0 Å². The van der Waals surface area contributed by atoms with E-state index in [1.807, 2.05) is 18.2 Å². The van der Waals surface area contributed by atoms with Crippen LogP contribution in [0, 0.1) is 0 Å². The Balaban J connectivity index is 2.20. The van der Waals surface area contributed by atoms with Gasteiger partial charge in [-0.2, -0.15) is 0 Å². The van der Waals surface area contributed by atoms with Crippen molar-refractivity contribution in [3.63, 3.8) is 0 Å². The fourth-order valence-electron chi connectivity index (χ4n) is 2.37. The van der Waals surface area contributed by atoms with Crippen molar-refractivity contribution in [2.75, 3.05) is 12.8 Å². The molecule has 0 aliphatic rings. The number of rotatable bonds is 3. The summed E-state index contributed by atoms with van der Waals surface area (Å²) in [6, 6.07) is 10.4. The highest BCUT2D eigenvalue weighted by atomic mass is 35.5. The molecule has 0 atom stereocenters. The van der Waals surface area contributed by atoms with Crippen molar-refractivity contribution in [3.05, 3.63) is 58.7 Å². The maximum atomic E-state index is 12.7. The second kappa shape index (κ2) is 5.14. The number of fused-ring (bicyclic) bond motifs is 1. The van der Waals surface area contributed by atoms with Crippen LogP contribution in [0.2, 0.25) is 5.02 Å². The monoisotopic (exact) mass is 300 g/mol. The molecule has 0 aliphatic heterocycles. The lowest BCUT2D eigenvalue weighted by atomic mass is 10.0. The second-order valence-corrected chi connectivity index (χ2v) is 5.08. The summed E-state index contributed by atoms with van der Waals surface area (Å²) in [6.07, 6.45) is 1.66. The summed E-state index contributed by atoms with van der Waals surface area (Å²) in [7, 11) is 1.57. The third kappa shape index (κ3) is 2.23. The lowest BCUT2D eigenvalue weighted by Crippen LogP contribution is -2.05. The normalized spacial score (nSPS) is 10.8. The quantitative estimate of drug-likeness (QED) is 0.573. The van der Waals surface area contributed by atoms with E-state index in [0.717, 1.165) is 10.9 Å². The summed E-state index contributed by atoms with van der Waals surface area (Å²) in [6.45, 7) is 0. The zero-order valence-electron chi connectivity index (χ0n) is 11.3. The van der Waals surface area contributed by atoms with Crippen molar-refractivity contribution in [2.45, 2.75) is 0 Å². The van der Waals surface area contributed by atoms with Gasteiger partial charge in [-0.3, -0.25) is 4.79 Å². The van der Waals surface area contributed by atoms with Crippen molar-refractivity contribution in [2.24, 2.45) is 0 Å². The largest absolute Gasteiger partial charge is 0.496 e. The highest BCUT2D eigenvalue weighted by Gasteiger charge is 2.19. The molecule has 3 aromatic rings. The number of anilines is 1. The van der Waals surface area contributed by atoms with Crippen molar-refractivity contribution >= 4 is 34.0 Å². The number of benzene rings is 2. The number of carbonyl (C=O) groups is 1. The van der Waals surface area contributed by atoms with Crippen molar-refractivity contribution < 1.29 is 9.53 Å². The molecule has 0 saturated heterocycles. The average Bonchev–Trinajstić information content (AvgIpc) is 2.93. The fourth-order valence-corrected chi connectivity index (χ4v) is 2.54. The van der Waals surface area contributed by atoms with Crippen LogP contribution in [-0.2, 0) is 0 Å². The van der Waals surface area contributed by atoms with Gasteiger partial charge in [0.1, 0.15) is 5.75 Å². The van der Waals surface area contributed by atoms with Gasteiger partial charge in [0, 0.05) is 28.0 Å². The van der Waals surface area contributed by atoms with Gasteiger partial charge in [-0.25, -0.2) is 0 Å². The summed E-state index contributed by atoms with van der Waals surface area (Å²) in [4.78, 5) is 15.8. The number of hydrogen-bond donors (Lipinski definition) is 2. The minimum atomic E-state index is -0.189. The number of halogens is 1. The Labute approximate surface area is 126 Å². The van der Waals surface area contributed by atoms with E-state index in [0.29, 0.717) is 27.6 Å². The van der Waals surface area contributed by atoms with E-state index in [9.17, 15) is 4.79 Å². The Morgan fingerprint density at radius 2 is 2.05 bits per heavy atom. The number of aromatic amines is 1. The summed E-state index contributed by atoms with van der Waals surface area (Å²) < 4.78 is 5.34. The van der Waals surface area contributed by atoms with Crippen molar-refractivity contribution in [1.82, 2.24) is 4.98 Å². The molecule has 3 N–H and O–H groups in total. The van der Waals surface area contributed by atoms with E-state index in [4.69, 9.17) is 22.1 Å². The first-order chi connectivity index (χ1) is 10.1. The maximum absolute atomic E-state index is 12.7. The molecule has 0 spiro atoms. The molecule has 0 bridgehead atoms. The number of methoxy groups -OCH3 is 1. The van der Waals surface area contributed by atoms with Gasteiger partial charge in [0.05, 0.1) is 18.1 Å². The minimum absolute atomic E-state index is 0.189. The summed E-state index contributed by atoms with van der Waals surface area (Å²) in [5.41, 5.74) is 8.01. The van der Waals surface area contributed by atoms with Crippen LogP contribution in [0.5, 0.6) is 5.75 Å². The number of nitrogens with one attached hydrogen (secondary N) is 1. The molecule has 21 heavy (non-hydrogen) atoms. The predicted molar refractivity (Wildman–Crippen MR) is 84.1 cm³/mol. The van der Waals surface area contributed by atoms with Crippen LogP contribution in [0.3, 0.4) is 0 Å². The fraction of sp³-hybridized carbons (Fsp3) is 0.0625. The maximum Gasteiger partial charge on any atom is 0.197 e. The first-order valence-corrected chi connectivity index (χ1v) is 6.73. The first kappa shape index (κ1) is 13.5. The molecule has 0 radical (unpaired) electrons. The van der Waals surface area contributed by atoms with Crippen LogP contribution in [0.15, 0.2) is 42.6 Å². The number of aromatic nitrogens is 1. The standard InChI is InChI=1S/C16H13ClN2O2/c1-21-14-4-2-3-13-15(14)11(8-19-13)16(20)10-7-9(17)5-6-12(10)18/h2-8,19H,18H2,1H3. The molecular weight excluding hydrogens is 288 g/mol. The van der Waals surface area contributed by atoms with E-state index >= 15 is 0 Å². The van der Waals surface area contributed by atoms with Crippen LogP contribution in [-0.4, -0.2) is 17.9 Å². The lowest BCUT2D eigenvalue weighted by molar-refractivity contribution is 0.104. The van der Waals surface area contributed by atoms with Gasteiger partial charge < -0.3 is 15.5 Å². The second-order valence-electron chi connectivity index (χ2n) is 4.65. The van der Waals surface area contributed by atoms with E-state index < -0.39 is 0 Å². The molecule has 1 heterocycles. The van der Waals surface area contributed by atoms with E-state index in [2.05, 4.69) is 4.98 Å². The molecule has 3 rings (SSSR count). The molecule has 4 nitrogen and oxygen atoms in total. The van der Waals surface area contributed by atoms with E-state index in [1.165, 1.54) is 0 Å². The minimum Gasteiger partial charge on any atom is -0.496 e. The number of carbonyl (C=O) groups excluding carboxylic acids is 1. The molecule has 0 fully saturated rings. The number of nitrogen functional groups attached to an aromatic ring is 1. The highest BCUT2D eigenvalue weighted by Crippen LogP contribution is 2.31. The molecule has 0 amide bonds. The number of ketones is 1. The van der Waals surface area contributed by atoms with Crippen molar-refractivity contribution in [3.8, 4) is 5.75 Å². The number of ether oxygens (including phenoxy) is 1. The predicted octanol–water partition coefficient (Wildman–Crippen LogP) is 3.64. The number of nitrogens with two attached hydrogens (primary N) is 1. The molecule has 1 aromatic heterocycles. The molecular formula is C16H13ClN2O2. The van der Waals surface area contributed by atoms with Gasteiger partial charge in [0.15, 0.2) is 5.78 Å². The van der Waals surface area contributed by atoms with Gasteiger partial charge in [-0.15, -0.1) is 0 Å². The average molecular weight is 301 g/mol. The molecule has 0 unspecified atom stereocenters. The summed E-state index contributed by atoms with van der Waals surface area (Å²) in [5, 5.41) is 1.21. The zero-order chi connectivity index (χ0) is 15.0. The number of H-pyrrole nitrogens is 1. The van der Waals surface area contributed by atoms with Crippen LogP contribution in [0.1, 0.15) is 15.9 Å². The van der Waals surface area contributed by atoms with Crippen LogP contribution in [0.4, 0.5) is 5.69 Å². The Bertz CT molecular complexity index is 839. The van der Waals surface area contributed by atoms with Crippen LogP contribution < -0.4 is 10.5 Å². The van der Waals surface area contributed by atoms with Gasteiger partial charge in [-0.1, -0.05) is 17.7 Å². The SMILES string of the molecule is COc1cccc2[nH]cc(C(=O)c3cc(Cl)ccc3N)c12. The lowest BCUT2D eigenvalue weighted by Gasteiger charge is -2.07. The molecule has 106 valence electrons. The van der Waals surface area contributed by atoms with Gasteiger partial charge in [0.2, 0.25) is 0 Å². The Kier molecular flexibility index (Phi) is 3.31. The molecule has 0 aliphatic carbocycles. The van der Waals surface area contributed by atoms with Gasteiger partial charge >= 0.3 is 0 Å². The zero-order valence-corrected chi connectivity index (χ0v) is 12.1. The third-order valence-corrected chi connectivity index (χ3v) is 3.63. The van der Waals surface area contributed by atoms with Crippen LogP contribution >= 0.6 is 11.6 Å². The van der Waals surface area contributed by atoms with E-state index in [-0.39, 0.29) is 5.78 Å². The highest BCUT2D eigenvalue weighted by molar-refractivity contribution is 6.31. The van der Waals surface area contributed by atoms with Gasteiger partial charge in [-0.05, 0) is 30.3 Å². The Hall–Kier alpha value is -2.46. The van der Waals surface area contributed by atoms with Crippen molar-refractivity contribution in [1.29, 1.82) is 0 Å².